The number of hydrogen-bond donors (Lipinski definition) is 0. The molecular weight excluding hydrogens is 422 g/mol. The van der Waals surface area contributed by atoms with Crippen LogP contribution in [-0.4, -0.2) is 57.0 Å². The Morgan fingerprint density at radius 1 is 1.06 bits per heavy atom. The molecule has 6 rings (SSSR count). The van der Waals surface area contributed by atoms with Crippen molar-refractivity contribution in [1.82, 2.24) is 24.9 Å². The van der Waals surface area contributed by atoms with Gasteiger partial charge in [0.05, 0.1) is 22.5 Å². The van der Waals surface area contributed by atoms with Gasteiger partial charge in [-0.2, -0.15) is 4.98 Å². The van der Waals surface area contributed by atoms with Crippen molar-refractivity contribution < 1.29 is 9.32 Å². The lowest BCUT2D eigenvalue weighted by Crippen LogP contribution is -2.48. The first-order valence-corrected chi connectivity index (χ1v) is 11.9. The van der Waals surface area contributed by atoms with E-state index in [-0.39, 0.29) is 5.91 Å². The first kappa shape index (κ1) is 19.6. The van der Waals surface area contributed by atoms with Gasteiger partial charge < -0.3 is 9.42 Å². The van der Waals surface area contributed by atoms with Gasteiger partial charge in [-0.1, -0.05) is 29.4 Å². The van der Waals surface area contributed by atoms with Crippen LogP contribution in [0, 0.1) is 0 Å². The summed E-state index contributed by atoms with van der Waals surface area (Å²) < 4.78 is 5.44. The summed E-state index contributed by atoms with van der Waals surface area (Å²) in [5, 5.41) is 7.03. The molecule has 1 amide bonds. The van der Waals surface area contributed by atoms with E-state index in [1.54, 1.807) is 11.3 Å². The Labute approximate surface area is 189 Å². The number of piperazine rings is 1. The van der Waals surface area contributed by atoms with E-state index in [9.17, 15) is 4.79 Å². The predicted molar refractivity (Wildman–Crippen MR) is 123 cm³/mol. The molecule has 0 radical (unpaired) electrons. The molecule has 4 aromatic rings. The molecule has 1 aliphatic carbocycles. The number of carbonyl (C=O) groups is 1. The van der Waals surface area contributed by atoms with Crippen LogP contribution >= 0.6 is 11.3 Å². The molecule has 162 valence electrons. The molecule has 0 N–H and O–H groups in total. The van der Waals surface area contributed by atoms with Gasteiger partial charge in [-0.25, -0.2) is 0 Å². The fourth-order valence-electron chi connectivity index (χ4n) is 4.26. The molecule has 3 aromatic heterocycles. The van der Waals surface area contributed by atoms with Crippen molar-refractivity contribution in [1.29, 1.82) is 0 Å². The first-order valence-electron chi connectivity index (χ1n) is 11.0. The number of pyridine rings is 1. The van der Waals surface area contributed by atoms with Gasteiger partial charge in [0.1, 0.15) is 0 Å². The van der Waals surface area contributed by atoms with Gasteiger partial charge in [0.25, 0.3) is 5.91 Å². The Kier molecular flexibility index (Phi) is 4.96. The van der Waals surface area contributed by atoms with Crippen molar-refractivity contribution in [3.63, 3.8) is 0 Å². The minimum Gasteiger partial charge on any atom is -0.338 e. The third-order valence-electron chi connectivity index (χ3n) is 6.19. The van der Waals surface area contributed by atoms with E-state index in [0.717, 1.165) is 40.1 Å². The lowest BCUT2D eigenvalue weighted by atomic mass is 10.0. The molecule has 7 nitrogen and oxygen atoms in total. The summed E-state index contributed by atoms with van der Waals surface area (Å²) in [5.74, 6) is 1.86. The number of amides is 1. The number of nitrogens with zero attached hydrogens (tertiary/aromatic N) is 5. The Bertz CT molecular complexity index is 1260. The third-order valence-corrected chi connectivity index (χ3v) is 7.06. The maximum absolute atomic E-state index is 13.4. The second kappa shape index (κ2) is 8.11. The van der Waals surface area contributed by atoms with Crippen molar-refractivity contribution in [3.8, 4) is 10.7 Å². The second-order valence-electron chi connectivity index (χ2n) is 8.44. The number of para-hydroxylation sites is 1. The highest BCUT2D eigenvalue weighted by molar-refractivity contribution is 7.13. The fourth-order valence-corrected chi connectivity index (χ4v) is 4.91. The van der Waals surface area contributed by atoms with Gasteiger partial charge in [0.15, 0.2) is 0 Å². The van der Waals surface area contributed by atoms with Crippen LogP contribution in [0.25, 0.3) is 21.6 Å². The average molecular weight is 446 g/mol. The van der Waals surface area contributed by atoms with E-state index in [2.05, 4.69) is 15.0 Å². The van der Waals surface area contributed by atoms with E-state index in [1.807, 2.05) is 52.7 Å². The number of carbonyl (C=O) groups excluding carboxylic acids is 1. The monoisotopic (exact) mass is 445 g/mol. The van der Waals surface area contributed by atoms with Crippen molar-refractivity contribution in [2.75, 3.05) is 26.2 Å². The summed E-state index contributed by atoms with van der Waals surface area (Å²) in [4.78, 5) is 28.0. The second-order valence-corrected chi connectivity index (χ2v) is 9.39. The quantitative estimate of drug-likeness (QED) is 0.459. The summed E-state index contributed by atoms with van der Waals surface area (Å²) in [7, 11) is 0. The molecule has 32 heavy (non-hydrogen) atoms. The van der Waals surface area contributed by atoms with Crippen molar-refractivity contribution in [2.45, 2.75) is 25.3 Å². The van der Waals surface area contributed by atoms with Crippen LogP contribution in [0.5, 0.6) is 0 Å². The Hall–Kier alpha value is -3.10. The summed E-state index contributed by atoms with van der Waals surface area (Å²) >= 11 is 1.60. The summed E-state index contributed by atoms with van der Waals surface area (Å²) in [6, 6.07) is 14.0. The lowest BCUT2D eigenvalue weighted by Gasteiger charge is -2.34. The molecular formula is C24H23N5O2S. The number of fused-ring (bicyclic) bond motifs is 1. The normalized spacial score (nSPS) is 17.2. The topological polar surface area (TPSA) is 75.4 Å². The molecule has 2 fully saturated rings. The molecule has 8 heteroatoms. The largest absolute Gasteiger partial charge is 0.338 e. The third kappa shape index (κ3) is 3.80. The zero-order chi connectivity index (χ0) is 21.5. The smallest absolute Gasteiger partial charge is 0.254 e. The molecule has 0 bridgehead atoms. The van der Waals surface area contributed by atoms with Gasteiger partial charge >= 0.3 is 0 Å². The molecule has 1 saturated carbocycles. The Morgan fingerprint density at radius 3 is 2.69 bits per heavy atom. The van der Waals surface area contributed by atoms with Crippen LogP contribution in [0.4, 0.5) is 0 Å². The van der Waals surface area contributed by atoms with Gasteiger partial charge in [-0.05, 0) is 36.4 Å². The van der Waals surface area contributed by atoms with Crippen LogP contribution < -0.4 is 0 Å². The fraction of sp³-hybridized carbons (Fsp3) is 0.333. The maximum Gasteiger partial charge on any atom is 0.254 e. The summed E-state index contributed by atoms with van der Waals surface area (Å²) in [6.45, 7) is 3.52. The molecule has 1 aromatic carbocycles. The number of rotatable bonds is 5. The average Bonchev–Trinajstić information content (AvgIpc) is 3.33. The standard InChI is InChI=1S/C24H23N5O2S/c30-24(18-14-20(16-7-8-16)25-19-5-2-1-4-17(18)19)29-11-9-28(10-12-29)15-22-26-23(27-31-22)21-6-3-13-32-21/h1-6,13-14,16H,7-12,15H2. The van der Waals surface area contributed by atoms with Crippen molar-refractivity contribution in [2.24, 2.45) is 0 Å². The number of aromatic nitrogens is 3. The van der Waals surface area contributed by atoms with Crippen LogP contribution in [0.1, 0.15) is 40.7 Å². The highest BCUT2D eigenvalue weighted by Crippen LogP contribution is 2.40. The molecule has 0 unspecified atom stereocenters. The summed E-state index contributed by atoms with van der Waals surface area (Å²) in [5.41, 5.74) is 2.75. The van der Waals surface area contributed by atoms with E-state index in [4.69, 9.17) is 9.51 Å². The van der Waals surface area contributed by atoms with Crippen LogP contribution in [0.15, 0.2) is 52.4 Å². The van der Waals surface area contributed by atoms with E-state index in [0.29, 0.717) is 37.3 Å². The molecule has 4 heterocycles. The van der Waals surface area contributed by atoms with Gasteiger partial charge in [0.2, 0.25) is 11.7 Å². The highest BCUT2D eigenvalue weighted by atomic mass is 32.1. The number of benzene rings is 1. The SMILES string of the molecule is O=C(c1cc(C2CC2)nc2ccccc12)N1CCN(Cc2nc(-c3cccs3)no2)CC1. The molecule has 0 spiro atoms. The molecule has 2 aliphatic rings. The van der Waals surface area contributed by atoms with E-state index in [1.165, 1.54) is 12.8 Å². The molecule has 1 aliphatic heterocycles. The van der Waals surface area contributed by atoms with Gasteiger partial charge in [-0.15, -0.1) is 11.3 Å². The minimum atomic E-state index is 0.0999. The van der Waals surface area contributed by atoms with Gasteiger partial charge in [0, 0.05) is 43.2 Å². The number of hydrogen-bond acceptors (Lipinski definition) is 7. The van der Waals surface area contributed by atoms with Crippen molar-refractivity contribution in [3.05, 3.63) is 65.0 Å². The van der Waals surface area contributed by atoms with E-state index < -0.39 is 0 Å². The Balaban J connectivity index is 1.14. The van der Waals surface area contributed by atoms with Crippen LogP contribution in [-0.2, 0) is 6.54 Å². The van der Waals surface area contributed by atoms with E-state index >= 15 is 0 Å². The maximum atomic E-state index is 13.4. The highest BCUT2D eigenvalue weighted by Gasteiger charge is 2.29. The molecule has 0 atom stereocenters. The number of thiophene rings is 1. The summed E-state index contributed by atoms with van der Waals surface area (Å²) in [6.07, 6.45) is 2.34. The Morgan fingerprint density at radius 2 is 1.91 bits per heavy atom. The predicted octanol–water partition coefficient (Wildman–Crippen LogP) is 4.18. The molecule has 1 saturated heterocycles. The zero-order valence-electron chi connectivity index (χ0n) is 17.6. The lowest BCUT2D eigenvalue weighted by molar-refractivity contribution is 0.0617. The van der Waals surface area contributed by atoms with Gasteiger partial charge in [-0.3, -0.25) is 14.7 Å². The van der Waals surface area contributed by atoms with Crippen LogP contribution in [0.3, 0.4) is 0 Å². The van der Waals surface area contributed by atoms with Crippen molar-refractivity contribution >= 4 is 28.1 Å². The zero-order valence-corrected chi connectivity index (χ0v) is 18.4. The minimum absolute atomic E-state index is 0.0999. The van der Waals surface area contributed by atoms with Crippen LogP contribution in [0.2, 0.25) is 0 Å². The first-order chi connectivity index (χ1) is 15.7.